The van der Waals surface area contributed by atoms with Gasteiger partial charge in [0.15, 0.2) is 0 Å². The highest BCUT2D eigenvalue weighted by atomic mass is 35.5. The summed E-state index contributed by atoms with van der Waals surface area (Å²) in [5, 5.41) is 15.6. The van der Waals surface area contributed by atoms with Crippen molar-refractivity contribution in [1.82, 2.24) is 20.2 Å². The van der Waals surface area contributed by atoms with Crippen LogP contribution in [0.3, 0.4) is 0 Å². The molecule has 0 saturated heterocycles. The second-order valence-electron chi connectivity index (χ2n) is 4.95. The average molecular weight is 360 g/mol. The minimum atomic E-state index is -0.142. The predicted molar refractivity (Wildman–Crippen MR) is 94.2 cm³/mol. The van der Waals surface area contributed by atoms with Crippen LogP contribution in [0.5, 0.6) is 0 Å². The first-order valence-electron chi connectivity index (χ1n) is 7.19. The molecule has 8 heteroatoms. The Balaban J connectivity index is 1.57. The van der Waals surface area contributed by atoms with E-state index in [2.05, 4.69) is 20.8 Å². The summed E-state index contributed by atoms with van der Waals surface area (Å²) in [4.78, 5) is 12.0. The Labute approximate surface area is 148 Å². The number of nitrogens with zero attached hydrogens (tertiary/aromatic N) is 4. The van der Waals surface area contributed by atoms with E-state index in [4.69, 9.17) is 11.6 Å². The minimum absolute atomic E-state index is 0.142. The van der Waals surface area contributed by atoms with Gasteiger partial charge in [-0.1, -0.05) is 59.8 Å². The van der Waals surface area contributed by atoms with Crippen LogP contribution in [0.2, 0.25) is 5.02 Å². The van der Waals surface area contributed by atoms with Gasteiger partial charge in [0.2, 0.25) is 11.1 Å². The fourth-order valence-electron chi connectivity index (χ4n) is 2.05. The number of nitrogens with one attached hydrogen (secondary N) is 1. The van der Waals surface area contributed by atoms with Gasteiger partial charge in [-0.2, -0.15) is 0 Å². The van der Waals surface area contributed by atoms with Crippen LogP contribution in [0.1, 0.15) is 5.56 Å². The highest BCUT2D eigenvalue weighted by molar-refractivity contribution is 7.99. The number of carbonyl (C=O) groups excluding carboxylic acids is 1. The van der Waals surface area contributed by atoms with Gasteiger partial charge in [0.05, 0.1) is 12.3 Å². The van der Waals surface area contributed by atoms with Gasteiger partial charge in [-0.25, -0.2) is 4.68 Å². The van der Waals surface area contributed by atoms with Crippen molar-refractivity contribution < 1.29 is 4.79 Å². The molecule has 0 aliphatic carbocycles. The van der Waals surface area contributed by atoms with Crippen molar-refractivity contribution in [3.8, 4) is 0 Å². The summed E-state index contributed by atoms with van der Waals surface area (Å²) in [5.41, 5.74) is 1.76. The maximum Gasteiger partial charge on any atom is 0.234 e. The lowest BCUT2D eigenvalue weighted by molar-refractivity contribution is -0.113. The van der Waals surface area contributed by atoms with Gasteiger partial charge < -0.3 is 5.32 Å². The highest BCUT2D eigenvalue weighted by Gasteiger charge is 2.10. The van der Waals surface area contributed by atoms with Crippen LogP contribution in [0, 0.1) is 0 Å². The number of hydrogen-bond donors (Lipinski definition) is 1. The molecular weight excluding hydrogens is 346 g/mol. The number of hydrogen-bond acceptors (Lipinski definition) is 5. The van der Waals surface area contributed by atoms with E-state index in [0.717, 1.165) is 5.56 Å². The highest BCUT2D eigenvalue weighted by Crippen LogP contribution is 2.18. The number of carbonyl (C=O) groups is 1. The number of halogens is 1. The Bertz CT molecular complexity index is 824. The molecule has 0 atom stereocenters. The molecule has 122 valence electrons. The average Bonchev–Trinajstić information content (AvgIpc) is 3.01. The molecule has 2 aromatic carbocycles. The third kappa shape index (κ3) is 4.56. The van der Waals surface area contributed by atoms with Gasteiger partial charge in [0.25, 0.3) is 0 Å². The molecule has 3 aromatic rings. The second kappa shape index (κ2) is 7.94. The summed E-state index contributed by atoms with van der Waals surface area (Å²) in [6.07, 6.45) is 0. The SMILES string of the molecule is O=C(CSc1nnnn1Cc1ccccc1)Nc1cccc(Cl)c1. The zero-order chi connectivity index (χ0) is 16.8. The third-order valence-electron chi connectivity index (χ3n) is 3.11. The van der Waals surface area contributed by atoms with Crippen molar-refractivity contribution >= 4 is 35.0 Å². The van der Waals surface area contributed by atoms with Crippen molar-refractivity contribution in [2.75, 3.05) is 11.1 Å². The molecule has 1 amide bonds. The van der Waals surface area contributed by atoms with E-state index in [0.29, 0.717) is 22.4 Å². The zero-order valence-corrected chi connectivity index (χ0v) is 14.2. The van der Waals surface area contributed by atoms with Crippen LogP contribution in [0.4, 0.5) is 5.69 Å². The third-order valence-corrected chi connectivity index (χ3v) is 4.31. The number of amides is 1. The molecule has 0 radical (unpaired) electrons. The molecule has 6 nitrogen and oxygen atoms in total. The predicted octanol–water partition coefficient (Wildman–Crippen LogP) is 3.11. The minimum Gasteiger partial charge on any atom is -0.325 e. The fourth-order valence-corrected chi connectivity index (χ4v) is 2.92. The van der Waals surface area contributed by atoms with Gasteiger partial charge in [-0.3, -0.25) is 4.79 Å². The molecule has 0 saturated carbocycles. The quantitative estimate of drug-likeness (QED) is 0.684. The van der Waals surface area contributed by atoms with Gasteiger partial charge in [0, 0.05) is 10.7 Å². The van der Waals surface area contributed by atoms with Crippen molar-refractivity contribution in [2.24, 2.45) is 0 Å². The lowest BCUT2D eigenvalue weighted by Gasteiger charge is -2.06. The summed E-state index contributed by atoms with van der Waals surface area (Å²) in [6, 6.07) is 16.9. The molecule has 0 bridgehead atoms. The molecule has 0 fully saturated rings. The van der Waals surface area contributed by atoms with Gasteiger partial charge in [-0.15, -0.1) is 5.10 Å². The van der Waals surface area contributed by atoms with E-state index in [1.807, 2.05) is 30.3 Å². The molecule has 0 aliphatic heterocycles. The van der Waals surface area contributed by atoms with Crippen molar-refractivity contribution in [2.45, 2.75) is 11.7 Å². The first-order chi connectivity index (χ1) is 11.7. The standard InChI is InChI=1S/C16H14ClN5OS/c17-13-7-4-8-14(9-13)18-15(23)11-24-16-19-20-21-22(16)10-12-5-2-1-3-6-12/h1-9H,10-11H2,(H,18,23). The number of benzene rings is 2. The molecule has 3 rings (SSSR count). The van der Waals surface area contributed by atoms with Crippen LogP contribution in [0.25, 0.3) is 0 Å². The van der Waals surface area contributed by atoms with Gasteiger partial charge in [0.1, 0.15) is 0 Å². The van der Waals surface area contributed by atoms with Crippen LogP contribution >= 0.6 is 23.4 Å². The Morgan fingerprint density at radius 1 is 1.17 bits per heavy atom. The first-order valence-corrected chi connectivity index (χ1v) is 8.55. The van der Waals surface area contributed by atoms with Crippen LogP contribution in [0.15, 0.2) is 59.8 Å². The Kier molecular flexibility index (Phi) is 5.45. The fraction of sp³-hybridized carbons (Fsp3) is 0.125. The summed E-state index contributed by atoms with van der Waals surface area (Å²) >= 11 is 7.18. The molecule has 1 aromatic heterocycles. The summed E-state index contributed by atoms with van der Waals surface area (Å²) in [6.45, 7) is 0.562. The van der Waals surface area contributed by atoms with E-state index in [1.165, 1.54) is 11.8 Å². The summed E-state index contributed by atoms with van der Waals surface area (Å²) < 4.78 is 1.67. The van der Waals surface area contributed by atoms with E-state index >= 15 is 0 Å². The lowest BCUT2D eigenvalue weighted by atomic mass is 10.2. The van der Waals surface area contributed by atoms with Crippen LogP contribution in [-0.4, -0.2) is 31.9 Å². The number of anilines is 1. The number of aromatic nitrogens is 4. The molecule has 0 aliphatic rings. The Hall–Kier alpha value is -2.38. The van der Waals surface area contributed by atoms with Crippen molar-refractivity contribution in [3.05, 3.63) is 65.2 Å². The summed E-state index contributed by atoms with van der Waals surface area (Å²) in [5.74, 6) is 0.0679. The zero-order valence-electron chi connectivity index (χ0n) is 12.6. The van der Waals surface area contributed by atoms with Crippen LogP contribution < -0.4 is 5.32 Å². The van der Waals surface area contributed by atoms with Crippen molar-refractivity contribution in [3.63, 3.8) is 0 Å². The van der Waals surface area contributed by atoms with E-state index in [1.54, 1.807) is 28.9 Å². The smallest absolute Gasteiger partial charge is 0.234 e. The topological polar surface area (TPSA) is 72.7 Å². The molecule has 1 heterocycles. The Morgan fingerprint density at radius 3 is 2.79 bits per heavy atom. The second-order valence-corrected chi connectivity index (χ2v) is 6.33. The normalized spacial score (nSPS) is 10.5. The van der Waals surface area contributed by atoms with Crippen molar-refractivity contribution in [1.29, 1.82) is 0 Å². The molecule has 24 heavy (non-hydrogen) atoms. The lowest BCUT2D eigenvalue weighted by Crippen LogP contribution is -2.14. The summed E-state index contributed by atoms with van der Waals surface area (Å²) in [7, 11) is 0. The van der Waals surface area contributed by atoms with E-state index in [9.17, 15) is 4.79 Å². The molecule has 1 N–H and O–H groups in total. The monoisotopic (exact) mass is 359 g/mol. The number of rotatable bonds is 6. The maximum atomic E-state index is 12.0. The molecule has 0 spiro atoms. The van der Waals surface area contributed by atoms with Gasteiger partial charge in [-0.05, 0) is 34.2 Å². The molecular formula is C16H14ClN5OS. The first kappa shape index (κ1) is 16.5. The van der Waals surface area contributed by atoms with Crippen LogP contribution in [-0.2, 0) is 11.3 Å². The Morgan fingerprint density at radius 2 is 2.00 bits per heavy atom. The maximum absolute atomic E-state index is 12.0. The number of tetrazole rings is 1. The molecule has 0 unspecified atom stereocenters. The number of thioether (sulfide) groups is 1. The largest absolute Gasteiger partial charge is 0.325 e. The van der Waals surface area contributed by atoms with E-state index in [-0.39, 0.29) is 11.7 Å². The van der Waals surface area contributed by atoms with E-state index < -0.39 is 0 Å². The van der Waals surface area contributed by atoms with Gasteiger partial charge >= 0.3 is 0 Å².